The van der Waals surface area contributed by atoms with Crippen molar-refractivity contribution < 1.29 is 9.60 Å². The van der Waals surface area contributed by atoms with Crippen molar-refractivity contribution in [3.63, 3.8) is 0 Å². The van der Waals surface area contributed by atoms with E-state index in [9.17, 15) is 4.39 Å². The molecule has 0 amide bonds. The zero-order chi connectivity index (χ0) is 14.9. The van der Waals surface area contributed by atoms with Gasteiger partial charge in [0, 0.05) is 18.2 Å². The molecule has 2 rings (SSSR count). The second kappa shape index (κ2) is 7.81. The normalized spacial score (nSPS) is 10.3. The van der Waals surface area contributed by atoms with E-state index >= 15 is 0 Å². The molecule has 0 bridgehead atoms. The third-order valence-electron chi connectivity index (χ3n) is 2.89. The van der Waals surface area contributed by atoms with Gasteiger partial charge in [0.25, 0.3) is 0 Å². The fourth-order valence-corrected chi connectivity index (χ4v) is 1.86. The Labute approximate surface area is 123 Å². The van der Waals surface area contributed by atoms with E-state index in [2.05, 4.69) is 34.1 Å². The number of hydrogen-bond acceptors (Lipinski definition) is 3. The van der Waals surface area contributed by atoms with Crippen LogP contribution in [0.1, 0.15) is 29.7 Å². The molecule has 2 aromatic rings. The molecule has 3 nitrogen and oxygen atoms in total. The summed E-state index contributed by atoms with van der Waals surface area (Å²) < 4.78 is 13.5. The number of hydrogen-bond donors (Lipinski definition) is 1. The SMILES string of the molecule is O/N=C\c1ncc(C#CCCCc2ccccc2)cc1F. The van der Waals surface area contributed by atoms with Crippen molar-refractivity contribution in [1.29, 1.82) is 0 Å². The fourth-order valence-electron chi connectivity index (χ4n) is 1.86. The van der Waals surface area contributed by atoms with Crippen LogP contribution in [-0.4, -0.2) is 16.4 Å². The lowest BCUT2D eigenvalue weighted by Crippen LogP contribution is -1.94. The van der Waals surface area contributed by atoms with Crippen molar-refractivity contribution in [2.75, 3.05) is 0 Å². The van der Waals surface area contributed by atoms with Crippen LogP contribution in [0, 0.1) is 17.7 Å². The van der Waals surface area contributed by atoms with E-state index in [1.165, 1.54) is 17.8 Å². The topological polar surface area (TPSA) is 45.5 Å². The molecule has 0 spiro atoms. The summed E-state index contributed by atoms with van der Waals surface area (Å²) in [6.07, 6.45) is 5.10. The van der Waals surface area contributed by atoms with Gasteiger partial charge in [-0.25, -0.2) is 4.39 Å². The zero-order valence-corrected chi connectivity index (χ0v) is 11.5. The van der Waals surface area contributed by atoms with Gasteiger partial charge in [-0.15, -0.1) is 0 Å². The van der Waals surface area contributed by atoms with Crippen LogP contribution in [0.15, 0.2) is 47.8 Å². The molecular formula is C17H15FN2O. The van der Waals surface area contributed by atoms with Crippen LogP contribution in [0.25, 0.3) is 0 Å². The Bertz CT molecular complexity index is 672. The highest BCUT2D eigenvalue weighted by molar-refractivity contribution is 5.76. The van der Waals surface area contributed by atoms with Gasteiger partial charge < -0.3 is 5.21 Å². The Morgan fingerprint density at radius 3 is 2.81 bits per heavy atom. The van der Waals surface area contributed by atoms with Crippen LogP contribution >= 0.6 is 0 Å². The smallest absolute Gasteiger partial charge is 0.151 e. The summed E-state index contributed by atoms with van der Waals surface area (Å²) in [5.41, 5.74) is 1.80. The molecule has 21 heavy (non-hydrogen) atoms. The molecule has 0 unspecified atom stereocenters. The number of oxime groups is 1. The molecule has 0 aliphatic carbocycles. The first kappa shape index (κ1) is 14.7. The molecule has 0 fully saturated rings. The summed E-state index contributed by atoms with van der Waals surface area (Å²) in [6.45, 7) is 0. The molecule has 0 aliphatic rings. The third kappa shape index (κ3) is 4.73. The van der Waals surface area contributed by atoms with Gasteiger partial charge >= 0.3 is 0 Å². The van der Waals surface area contributed by atoms with E-state index in [0.29, 0.717) is 5.56 Å². The van der Waals surface area contributed by atoms with Gasteiger partial charge in [0.05, 0.1) is 6.21 Å². The van der Waals surface area contributed by atoms with Crippen LogP contribution < -0.4 is 0 Å². The van der Waals surface area contributed by atoms with E-state index in [1.807, 2.05) is 18.2 Å². The summed E-state index contributed by atoms with van der Waals surface area (Å²) >= 11 is 0. The lowest BCUT2D eigenvalue weighted by Gasteiger charge is -1.97. The van der Waals surface area contributed by atoms with E-state index in [-0.39, 0.29) is 5.69 Å². The van der Waals surface area contributed by atoms with Crippen LogP contribution in [0.3, 0.4) is 0 Å². The number of halogens is 1. The maximum absolute atomic E-state index is 13.5. The van der Waals surface area contributed by atoms with Gasteiger partial charge in [0.15, 0.2) is 5.82 Å². The Kier molecular flexibility index (Phi) is 5.48. The second-order valence-electron chi connectivity index (χ2n) is 4.48. The highest BCUT2D eigenvalue weighted by atomic mass is 19.1. The Balaban J connectivity index is 1.87. The van der Waals surface area contributed by atoms with Crippen molar-refractivity contribution in [2.24, 2.45) is 5.16 Å². The van der Waals surface area contributed by atoms with Crippen LogP contribution in [0.4, 0.5) is 4.39 Å². The van der Waals surface area contributed by atoms with E-state index < -0.39 is 5.82 Å². The number of pyridine rings is 1. The summed E-state index contributed by atoms with van der Waals surface area (Å²) in [6, 6.07) is 11.5. The minimum absolute atomic E-state index is 0.00729. The van der Waals surface area contributed by atoms with E-state index in [0.717, 1.165) is 25.5 Å². The number of unbranched alkanes of at least 4 members (excludes halogenated alkanes) is 1. The van der Waals surface area contributed by atoms with Gasteiger partial charge in [-0.05, 0) is 24.5 Å². The van der Waals surface area contributed by atoms with E-state index in [4.69, 9.17) is 5.21 Å². The van der Waals surface area contributed by atoms with Gasteiger partial charge in [0.2, 0.25) is 0 Å². The van der Waals surface area contributed by atoms with E-state index in [1.54, 1.807) is 0 Å². The molecule has 0 atom stereocenters. The van der Waals surface area contributed by atoms with Crippen LogP contribution in [-0.2, 0) is 6.42 Å². The first-order chi connectivity index (χ1) is 10.3. The summed E-state index contributed by atoms with van der Waals surface area (Å²) in [5, 5.41) is 11.1. The van der Waals surface area contributed by atoms with Crippen molar-refractivity contribution in [2.45, 2.75) is 19.3 Å². The van der Waals surface area contributed by atoms with Gasteiger partial charge in [-0.1, -0.05) is 47.3 Å². The Morgan fingerprint density at radius 1 is 1.29 bits per heavy atom. The Hall–Kier alpha value is -2.67. The van der Waals surface area contributed by atoms with Crippen molar-refractivity contribution in [3.05, 3.63) is 65.2 Å². The molecule has 106 valence electrons. The molecule has 0 aliphatic heterocycles. The molecule has 1 aromatic heterocycles. The number of aryl methyl sites for hydroxylation is 1. The first-order valence-corrected chi connectivity index (χ1v) is 6.65. The maximum Gasteiger partial charge on any atom is 0.151 e. The maximum atomic E-state index is 13.5. The average molecular weight is 282 g/mol. The number of nitrogens with zero attached hydrogens (tertiary/aromatic N) is 2. The molecule has 0 saturated heterocycles. The molecule has 1 aromatic carbocycles. The lowest BCUT2D eigenvalue weighted by atomic mass is 10.1. The zero-order valence-electron chi connectivity index (χ0n) is 11.5. The highest BCUT2D eigenvalue weighted by Gasteiger charge is 2.01. The molecule has 1 N–H and O–H groups in total. The quantitative estimate of drug-likeness (QED) is 0.307. The molecule has 0 saturated carbocycles. The largest absolute Gasteiger partial charge is 0.411 e. The molecule has 4 heteroatoms. The van der Waals surface area contributed by atoms with Gasteiger partial charge in [0.1, 0.15) is 5.69 Å². The minimum atomic E-state index is -0.552. The van der Waals surface area contributed by atoms with Crippen molar-refractivity contribution in [3.8, 4) is 11.8 Å². The summed E-state index contributed by atoms with van der Waals surface area (Å²) in [4.78, 5) is 3.83. The van der Waals surface area contributed by atoms with Crippen LogP contribution in [0.2, 0.25) is 0 Å². The number of benzene rings is 1. The monoisotopic (exact) mass is 282 g/mol. The average Bonchev–Trinajstić information content (AvgIpc) is 2.51. The predicted molar refractivity (Wildman–Crippen MR) is 79.8 cm³/mol. The first-order valence-electron chi connectivity index (χ1n) is 6.65. The highest BCUT2D eigenvalue weighted by Crippen LogP contribution is 2.06. The van der Waals surface area contributed by atoms with Crippen molar-refractivity contribution >= 4 is 6.21 Å². The summed E-state index contributed by atoms with van der Waals surface area (Å²) in [7, 11) is 0. The van der Waals surface area contributed by atoms with Gasteiger partial charge in [-0.2, -0.15) is 0 Å². The molecule has 1 heterocycles. The molecule has 0 radical (unpaired) electrons. The Morgan fingerprint density at radius 2 is 2.10 bits per heavy atom. The number of aromatic nitrogens is 1. The standard InChI is InChI=1S/C17H15FN2O/c18-16-11-15(12-19-17(16)13-20-21)10-6-2-5-9-14-7-3-1-4-8-14/h1,3-4,7-8,11-13,21H,2,5,9H2/b20-13-. The summed E-state index contributed by atoms with van der Waals surface area (Å²) in [5.74, 6) is 5.34. The minimum Gasteiger partial charge on any atom is -0.411 e. The third-order valence-corrected chi connectivity index (χ3v) is 2.89. The number of rotatable bonds is 4. The van der Waals surface area contributed by atoms with Crippen LogP contribution in [0.5, 0.6) is 0 Å². The fraction of sp³-hybridized carbons (Fsp3) is 0.176. The lowest BCUT2D eigenvalue weighted by molar-refractivity contribution is 0.321. The van der Waals surface area contributed by atoms with Crippen molar-refractivity contribution in [1.82, 2.24) is 4.98 Å². The second-order valence-corrected chi connectivity index (χ2v) is 4.48. The molecular weight excluding hydrogens is 267 g/mol. The predicted octanol–water partition coefficient (Wildman–Crippen LogP) is 3.40. The van der Waals surface area contributed by atoms with Gasteiger partial charge in [-0.3, -0.25) is 4.98 Å².